The Bertz CT molecular complexity index is 465. The summed E-state index contributed by atoms with van der Waals surface area (Å²) in [5.74, 6) is 1.78. The molecule has 0 spiro atoms. The van der Waals surface area contributed by atoms with Crippen LogP contribution < -0.4 is 5.32 Å². The largest absolute Gasteiger partial charge is 0.396 e. The lowest BCUT2D eigenvalue weighted by Gasteiger charge is -2.14. The third kappa shape index (κ3) is 3.43. The van der Waals surface area contributed by atoms with Crippen LogP contribution in [-0.2, 0) is 11.2 Å². The summed E-state index contributed by atoms with van der Waals surface area (Å²) < 4.78 is 0. The molecular formula is C17H24N2O2. The highest BCUT2D eigenvalue weighted by molar-refractivity contribution is 5.82. The second kappa shape index (κ2) is 6.56. The van der Waals surface area contributed by atoms with Crippen LogP contribution in [0.5, 0.6) is 0 Å². The highest BCUT2D eigenvalue weighted by Gasteiger charge is 2.54. The van der Waals surface area contributed by atoms with Gasteiger partial charge in [0.25, 0.3) is 0 Å². The predicted octanol–water partition coefficient (Wildman–Crippen LogP) is 1.78. The predicted molar refractivity (Wildman–Crippen MR) is 80.5 cm³/mol. The molecule has 0 aromatic carbocycles. The normalized spacial score (nSPS) is 28.5. The van der Waals surface area contributed by atoms with Gasteiger partial charge in [-0.15, -0.1) is 0 Å². The van der Waals surface area contributed by atoms with Crippen LogP contribution in [-0.4, -0.2) is 29.1 Å². The van der Waals surface area contributed by atoms with Gasteiger partial charge in [-0.25, -0.2) is 0 Å². The Morgan fingerprint density at radius 3 is 2.71 bits per heavy atom. The molecule has 0 saturated heterocycles. The number of hydrogen-bond donors (Lipinski definition) is 2. The molecule has 0 bridgehead atoms. The average Bonchev–Trinajstić information content (AvgIpc) is 3.26. The van der Waals surface area contributed by atoms with E-state index in [4.69, 9.17) is 0 Å². The summed E-state index contributed by atoms with van der Waals surface area (Å²) >= 11 is 0. The van der Waals surface area contributed by atoms with Crippen molar-refractivity contribution in [3.63, 3.8) is 0 Å². The fraction of sp³-hybridized carbons (Fsp3) is 0.647. The van der Waals surface area contributed by atoms with E-state index < -0.39 is 0 Å². The summed E-state index contributed by atoms with van der Waals surface area (Å²) in [6.07, 6.45) is 7.47. The molecule has 21 heavy (non-hydrogen) atoms. The van der Waals surface area contributed by atoms with Gasteiger partial charge in [0.1, 0.15) is 0 Å². The molecule has 1 amide bonds. The van der Waals surface area contributed by atoms with E-state index in [2.05, 4.69) is 10.3 Å². The molecule has 2 N–H and O–H groups in total. The molecule has 1 heterocycles. The highest BCUT2D eigenvalue weighted by atomic mass is 16.3. The Hall–Kier alpha value is -1.42. The Morgan fingerprint density at radius 1 is 1.33 bits per heavy atom. The van der Waals surface area contributed by atoms with Crippen molar-refractivity contribution in [3.05, 3.63) is 30.1 Å². The third-order valence-corrected chi connectivity index (χ3v) is 5.01. The zero-order valence-corrected chi connectivity index (χ0v) is 12.4. The molecule has 2 saturated carbocycles. The van der Waals surface area contributed by atoms with Crippen molar-refractivity contribution < 1.29 is 9.90 Å². The monoisotopic (exact) mass is 288 g/mol. The number of hydrogen-bond acceptors (Lipinski definition) is 3. The van der Waals surface area contributed by atoms with Crippen molar-refractivity contribution in [3.8, 4) is 0 Å². The Balaban J connectivity index is 1.46. The second-order valence-electron chi connectivity index (χ2n) is 6.46. The maximum Gasteiger partial charge on any atom is 0.223 e. The standard InChI is InChI=1S/C17H24N2O2/c20-11-12(9-13-5-3-4-8-18-13)10-19-17(21)16-14-6-1-2-7-15(14)16/h3-5,8,12,14-16,20H,1-2,6-7,9-11H2,(H,19,21). The molecule has 1 aromatic heterocycles. The molecular weight excluding hydrogens is 264 g/mol. The lowest BCUT2D eigenvalue weighted by molar-refractivity contribution is -0.123. The first-order valence-electron chi connectivity index (χ1n) is 8.08. The zero-order chi connectivity index (χ0) is 14.7. The average molecular weight is 288 g/mol. The van der Waals surface area contributed by atoms with Crippen molar-refractivity contribution in [1.82, 2.24) is 10.3 Å². The van der Waals surface area contributed by atoms with Gasteiger partial charge >= 0.3 is 0 Å². The van der Waals surface area contributed by atoms with Crippen molar-refractivity contribution in [2.75, 3.05) is 13.2 Å². The first-order chi connectivity index (χ1) is 10.3. The number of nitrogens with one attached hydrogen (secondary N) is 1. The smallest absolute Gasteiger partial charge is 0.223 e. The van der Waals surface area contributed by atoms with E-state index in [1.165, 1.54) is 25.7 Å². The van der Waals surface area contributed by atoms with E-state index in [-0.39, 0.29) is 24.3 Å². The van der Waals surface area contributed by atoms with Crippen LogP contribution >= 0.6 is 0 Å². The van der Waals surface area contributed by atoms with Crippen LogP contribution in [0.25, 0.3) is 0 Å². The van der Waals surface area contributed by atoms with Crippen molar-refractivity contribution >= 4 is 5.91 Å². The molecule has 4 nitrogen and oxygen atoms in total. The number of carbonyl (C=O) groups is 1. The first kappa shape index (κ1) is 14.5. The third-order valence-electron chi connectivity index (χ3n) is 5.01. The van der Waals surface area contributed by atoms with Crippen LogP contribution in [0.4, 0.5) is 0 Å². The van der Waals surface area contributed by atoms with Gasteiger partial charge in [0, 0.05) is 36.9 Å². The maximum atomic E-state index is 12.2. The van der Waals surface area contributed by atoms with Gasteiger partial charge in [0.15, 0.2) is 0 Å². The molecule has 3 unspecified atom stereocenters. The van der Waals surface area contributed by atoms with Crippen LogP contribution in [0.15, 0.2) is 24.4 Å². The zero-order valence-electron chi connectivity index (χ0n) is 12.4. The fourth-order valence-electron chi connectivity index (χ4n) is 3.76. The summed E-state index contributed by atoms with van der Waals surface area (Å²) in [5, 5.41) is 12.5. The van der Waals surface area contributed by atoms with Gasteiger partial charge in [-0.3, -0.25) is 9.78 Å². The maximum absolute atomic E-state index is 12.2. The molecule has 114 valence electrons. The van der Waals surface area contributed by atoms with Crippen LogP contribution in [0.2, 0.25) is 0 Å². The van der Waals surface area contributed by atoms with Gasteiger partial charge < -0.3 is 10.4 Å². The molecule has 1 aromatic rings. The fourth-order valence-corrected chi connectivity index (χ4v) is 3.76. The molecule has 2 fully saturated rings. The SMILES string of the molecule is O=C(NCC(CO)Cc1ccccn1)C1C2CCCCC21. The number of rotatable bonds is 6. The summed E-state index contributed by atoms with van der Waals surface area (Å²) in [6.45, 7) is 0.621. The van der Waals surface area contributed by atoms with Crippen LogP contribution in [0.1, 0.15) is 31.4 Å². The lowest BCUT2D eigenvalue weighted by atomic mass is 10.0. The van der Waals surface area contributed by atoms with Crippen LogP contribution in [0.3, 0.4) is 0 Å². The minimum absolute atomic E-state index is 0.0460. The Labute approximate surface area is 126 Å². The van der Waals surface area contributed by atoms with Crippen LogP contribution in [0, 0.1) is 23.7 Å². The van der Waals surface area contributed by atoms with E-state index in [1.807, 2.05) is 18.2 Å². The van der Waals surface area contributed by atoms with Crippen molar-refractivity contribution in [2.24, 2.45) is 23.7 Å². The summed E-state index contributed by atoms with van der Waals surface area (Å²) in [6, 6.07) is 5.79. The summed E-state index contributed by atoms with van der Waals surface area (Å²) in [5.41, 5.74) is 0.964. The molecule has 3 atom stereocenters. The Kier molecular flexibility index (Phi) is 4.54. The molecule has 0 aliphatic heterocycles. The van der Waals surface area contributed by atoms with E-state index in [0.717, 1.165) is 5.69 Å². The number of amides is 1. The molecule has 0 radical (unpaired) electrons. The minimum Gasteiger partial charge on any atom is -0.396 e. The van der Waals surface area contributed by atoms with Crippen molar-refractivity contribution in [2.45, 2.75) is 32.1 Å². The van der Waals surface area contributed by atoms with E-state index in [1.54, 1.807) is 6.20 Å². The molecule has 2 aliphatic rings. The van der Waals surface area contributed by atoms with E-state index in [0.29, 0.717) is 24.8 Å². The van der Waals surface area contributed by atoms with Gasteiger partial charge in [-0.2, -0.15) is 0 Å². The van der Waals surface area contributed by atoms with E-state index >= 15 is 0 Å². The summed E-state index contributed by atoms with van der Waals surface area (Å²) in [4.78, 5) is 16.5. The first-order valence-corrected chi connectivity index (χ1v) is 8.08. The number of fused-ring (bicyclic) bond motifs is 1. The number of pyridine rings is 1. The van der Waals surface area contributed by atoms with Gasteiger partial charge in [-0.1, -0.05) is 18.9 Å². The second-order valence-corrected chi connectivity index (χ2v) is 6.46. The summed E-state index contributed by atoms with van der Waals surface area (Å²) in [7, 11) is 0. The lowest BCUT2D eigenvalue weighted by Crippen LogP contribution is -2.33. The highest BCUT2D eigenvalue weighted by Crippen LogP contribution is 2.55. The topological polar surface area (TPSA) is 62.2 Å². The van der Waals surface area contributed by atoms with E-state index in [9.17, 15) is 9.90 Å². The van der Waals surface area contributed by atoms with Crippen molar-refractivity contribution in [1.29, 1.82) is 0 Å². The minimum atomic E-state index is 0.0460. The quantitative estimate of drug-likeness (QED) is 0.839. The molecule has 2 aliphatic carbocycles. The number of aromatic nitrogens is 1. The number of aliphatic hydroxyl groups excluding tert-OH is 1. The van der Waals surface area contributed by atoms with Gasteiger partial charge in [-0.05, 0) is 43.2 Å². The van der Waals surface area contributed by atoms with Gasteiger partial charge in [0.2, 0.25) is 5.91 Å². The molecule has 4 heteroatoms. The number of aliphatic hydroxyl groups is 1. The number of carbonyl (C=O) groups excluding carboxylic acids is 1. The number of nitrogens with zero attached hydrogens (tertiary/aromatic N) is 1. The Morgan fingerprint density at radius 2 is 2.10 bits per heavy atom. The van der Waals surface area contributed by atoms with Gasteiger partial charge in [0.05, 0.1) is 0 Å². The molecule has 3 rings (SSSR count).